The maximum absolute atomic E-state index is 11.4. The van der Waals surface area contributed by atoms with Crippen LogP contribution in [0.25, 0.3) is 0 Å². The highest BCUT2D eigenvalue weighted by molar-refractivity contribution is 6.05. The second-order valence-corrected chi connectivity index (χ2v) is 5.62. The van der Waals surface area contributed by atoms with Gasteiger partial charge in [-0.2, -0.15) is 0 Å². The van der Waals surface area contributed by atoms with Crippen molar-refractivity contribution in [2.45, 2.75) is 38.5 Å². The van der Waals surface area contributed by atoms with Gasteiger partial charge in [0.2, 0.25) is 5.91 Å². The highest BCUT2D eigenvalue weighted by Crippen LogP contribution is 2.58. The highest BCUT2D eigenvalue weighted by Gasteiger charge is 2.48. The van der Waals surface area contributed by atoms with Gasteiger partial charge in [0.1, 0.15) is 0 Å². The predicted octanol–water partition coefficient (Wildman–Crippen LogP) is 1.37. The second-order valence-electron chi connectivity index (χ2n) is 5.62. The van der Waals surface area contributed by atoms with Crippen LogP contribution in [0.1, 0.15) is 38.5 Å². The van der Waals surface area contributed by atoms with Crippen molar-refractivity contribution in [1.82, 2.24) is 4.90 Å². The molecule has 3 nitrogen and oxygen atoms in total. The average Bonchev–Trinajstić information content (AvgIpc) is 2.33. The third-order valence-corrected chi connectivity index (χ3v) is 4.40. The van der Waals surface area contributed by atoms with Crippen LogP contribution >= 0.6 is 0 Å². The Balaban J connectivity index is 1.50. The van der Waals surface area contributed by atoms with Crippen LogP contribution in [0.5, 0.6) is 0 Å². The summed E-state index contributed by atoms with van der Waals surface area (Å²) in [6.45, 7) is 1.22. The molecule has 1 amide bonds. The normalized spacial score (nSPS) is 29.5. The smallest absolute Gasteiger partial charge is 0.230 e. The van der Waals surface area contributed by atoms with E-state index < -0.39 is 0 Å². The van der Waals surface area contributed by atoms with E-state index in [0.717, 1.165) is 6.54 Å². The van der Waals surface area contributed by atoms with Crippen molar-refractivity contribution in [3.8, 4) is 0 Å². The van der Waals surface area contributed by atoms with Gasteiger partial charge < -0.3 is 4.90 Å². The molecule has 3 rings (SSSR count). The summed E-state index contributed by atoms with van der Waals surface area (Å²) < 4.78 is 0. The molecule has 1 heterocycles. The lowest BCUT2D eigenvalue weighted by molar-refractivity contribution is -0.130. The fourth-order valence-corrected chi connectivity index (χ4v) is 3.49. The Labute approximate surface area is 89.8 Å². The van der Waals surface area contributed by atoms with E-state index in [1.54, 1.807) is 4.90 Å². The van der Waals surface area contributed by atoms with Crippen molar-refractivity contribution in [3.63, 3.8) is 0 Å². The van der Waals surface area contributed by atoms with Gasteiger partial charge in [-0.3, -0.25) is 9.59 Å². The Morgan fingerprint density at radius 2 is 2.00 bits per heavy atom. The summed E-state index contributed by atoms with van der Waals surface area (Å²) in [7, 11) is 0. The number of hydrogen-bond donors (Lipinski definition) is 0. The van der Waals surface area contributed by atoms with Gasteiger partial charge in [0.05, 0.1) is 13.0 Å². The number of ketones is 1. The Hall–Kier alpha value is -0.860. The number of rotatable bonds is 2. The molecular formula is C12H17NO2. The summed E-state index contributed by atoms with van der Waals surface area (Å²) in [5, 5.41) is 0. The van der Waals surface area contributed by atoms with Gasteiger partial charge in [-0.05, 0) is 37.0 Å². The van der Waals surface area contributed by atoms with Gasteiger partial charge in [0.25, 0.3) is 0 Å². The number of amides is 1. The lowest BCUT2D eigenvalue weighted by Crippen LogP contribution is -2.47. The van der Waals surface area contributed by atoms with Gasteiger partial charge in [0.15, 0.2) is 5.78 Å². The summed E-state index contributed by atoms with van der Waals surface area (Å²) in [6, 6.07) is 0. The second kappa shape index (κ2) is 3.06. The van der Waals surface area contributed by atoms with Crippen molar-refractivity contribution < 1.29 is 9.59 Å². The molecule has 1 saturated heterocycles. The Bertz CT molecular complexity index is 312. The number of likely N-dealkylation sites (tertiary alicyclic amines) is 1. The molecule has 0 aromatic carbocycles. The molecule has 82 valence electrons. The summed E-state index contributed by atoms with van der Waals surface area (Å²) in [4.78, 5) is 24.3. The van der Waals surface area contributed by atoms with Crippen molar-refractivity contribution in [2.24, 2.45) is 11.3 Å². The van der Waals surface area contributed by atoms with Crippen LogP contribution in [0.15, 0.2) is 0 Å². The fraction of sp³-hybridized carbons (Fsp3) is 0.833. The Morgan fingerprint density at radius 1 is 1.27 bits per heavy atom. The zero-order chi connectivity index (χ0) is 10.5. The van der Waals surface area contributed by atoms with Gasteiger partial charge in [-0.25, -0.2) is 0 Å². The first-order valence-corrected chi connectivity index (χ1v) is 5.96. The largest absolute Gasteiger partial charge is 0.335 e. The van der Waals surface area contributed by atoms with Crippen LogP contribution in [0.3, 0.4) is 0 Å². The van der Waals surface area contributed by atoms with Gasteiger partial charge in [-0.15, -0.1) is 0 Å². The first-order chi connectivity index (χ1) is 7.17. The molecule has 2 aliphatic carbocycles. The first kappa shape index (κ1) is 9.37. The maximum atomic E-state index is 11.4. The lowest BCUT2D eigenvalue weighted by Gasteiger charge is -2.55. The van der Waals surface area contributed by atoms with Crippen LogP contribution in [0.4, 0.5) is 0 Å². The van der Waals surface area contributed by atoms with Gasteiger partial charge in [-0.1, -0.05) is 6.42 Å². The average molecular weight is 207 g/mol. The lowest BCUT2D eigenvalue weighted by atomic mass is 9.52. The summed E-state index contributed by atoms with van der Waals surface area (Å²) in [5.74, 6) is 0.826. The van der Waals surface area contributed by atoms with E-state index in [0.29, 0.717) is 17.9 Å². The molecule has 3 fully saturated rings. The van der Waals surface area contributed by atoms with Gasteiger partial charge >= 0.3 is 0 Å². The van der Waals surface area contributed by atoms with E-state index in [-0.39, 0.29) is 18.1 Å². The van der Waals surface area contributed by atoms with E-state index in [1.807, 2.05) is 0 Å². The molecule has 0 aromatic heterocycles. The molecule has 3 heteroatoms. The third kappa shape index (κ3) is 1.48. The minimum Gasteiger partial charge on any atom is -0.335 e. The van der Waals surface area contributed by atoms with E-state index in [9.17, 15) is 9.59 Å². The fourth-order valence-electron chi connectivity index (χ4n) is 3.49. The molecule has 0 N–H and O–H groups in total. The van der Waals surface area contributed by atoms with E-state index in [4.69, 9.17) is 0 Å². The quantitative estimate of drug-likeness (QED) is 0.641. The molecule has 1 spiro atoms. The van der Waals surface area contributed by atoms with Crippen molar-refractivity contribution >= 4 is 11.7 Å². The molecule has 0 unspecified atom stereocenters. The minimum absolute atomic E-state index is 0.0505. The maximum Gasteiger partial charge on any atom is 0.230 e. The zero-order valence-corrected chi connectivity index (χ0v) is 9.00. The van der Waals surface area contributed by atoms with Crippen molar-refractivity contribution in [2.75, 3.05) is 13.1 Å². The molecule has 0 aromatic rings. The van der Waals surface area contributed by atoms with E-state index >= 15 is 0 Å². The van der Waals surface area contributed by atoms with Crippen LogP contribution in [-0.4, -0.2) is 29.7 Å². The molecule has 2 saturated carbocycles. The Kier molecular flexibility index (Phi) is 1.91. The summed E-state index contributed by atoms with van der Waals surface area (Å²) >= 11 is 0. The first-order valence-electron chi connectivity index (χ1n) is 5.96. The van der Waals surface area contributed by atoms with Crippen LogP contribution < -0.4 is 0 Å². The van der Waals surface area contributed by atoms with Crippen LogP contribution in [0.2, 0.25) is 0 Å². The predicted molar refractivity (Wildman–Crippen MR) is 55.2 cm³/mol. The van der Waals surface area contributed by atoms with E-state index in [1.165, 1.54) is 32.1 Å². The zero-order valence-electron chi connectivity index (χ0n) is 9.00. The number of carbonyl (C=O) groups excluding carboxylic acids is 2. The van der Waals surface area contributed by atoms with Crippen molar-refractivity contribution in [1.29, 1.82) is 0 Å². The van der Waals surface area contributed by atoms with Crippen LogP contribution in [0, 0.1) is 11.3 Å². The number of hydrogen-bond acceptors (Lipinski definition) is 2. The molecule has 15 heavy (non-hydrogen) atoms. The van der Waals surface area contributed by atoms with E-state index in [2.05, 4.69) is 0 Å². The number of nitrogens with zero attached hydrogens (tertiary/aromatic N) is 1. The third-order valence-electron chi connectivity index (χ3n) is 4.40. The number of carbonyl (C=O) groups is 2. The van der Waals surface area contributed by atoms with Crippen molar-refractivity contribution in [3.05, 3.63) is 0 Å². The monoisotopic (exact) mass is 207 g/mol. The molecule has 0 atom stereocenters. The number of Topliss-reactive ketones (excluding diaryl/α,β-unsaturated/α-hetero) is 1. The van der Waals surface area contributed by atoms with Gasteiger partial charge in [0, 0.05) is 6.54 Å². The molecule has 0 bridgehead atoms. The molecule has 3 aliphatic rings. The SMILES string of the molecule is O=C1CC(=O)N(CC2CC3(CCC3)C2)C1. The Morgan fingerprint density at radius 3 is 2.47 bits per heavy atom. The summed E-state index contributed by atoms with van der Waals surface area (Å²) in [6.07, 6.45) is 6.94. The minimum atomic E-state index is 0.0505. The summed E-state index contributed by atoms with van der Waals surface area (Å²) in [5.41, 5.74) is 0.678. The van der Waals surface area contributed by atoms with Crippen LogP contribution in [-0.2, 0) is 9.59 Å². The molecular weight excluding hydrogens is 190 g/mol. The standard InChI is InChI=1S/C12H17NO2/c14-10-4-11(15)13(8-10)7-9-5-12(6-9)2-1-3-12/h9H,1-8H2. The molecule has 0 radical (unpaired) electrons. The molecule has 1 aliphatic heterocycles. The highest BCUT2D eigenvalue weighted by atomic mass is 16.2. The topological polar surface area (TPSA) is 37.4 Å².